The fourth-order valence-electron chi connectivity index (χ4n) is 2.29. The van der Waals surface area contributed by atoms with Gasteiger partial charge in [0.25, 0.3) is 0 Å². The van der Waals surface area contributed by atoms with Gasteiger partial charge >= 0.3 is 0 Å². The van der Waals surface area contributed by atoms with Crippen LogP contribution < -0.4 is 4.72 Å². The average Bonchev–Trinajstić information content (AvgIpc) is 2.76. The van der Waals surface area contributed by atoms with Crippen LogP contribution in [0.5, 0.6) is 0 Å². The maximum Gasteiger partial charge on any atom is 0.240 e. The molecule has 1 N–H and O–H groups in total. The molecule has 2 rings (SSSR count). The number of benzene rings is 1. The second-order valence-electron chi connectivity index (χ2n) is 5.18. The van der Waals surface area contributed by atoms with E-state index >= 15 is 0 Å². The first-order chi connectivity index (χ1) is 8.88. The van der Waals surface area contributed by atoms with Crippen molar-refractivity contribution in [2.75, 3.05) is 26.7 Å². The zero-order valence-electron chi connectivity index (χ0n) is 11.2. The van der Waals surface area contributed by atoms with E-state index in [0.717, 1.165) is 19.5 Å². The van der Waals surface area contributed by atoms with Crippen LogP contribution >= 0.6 is 0 Å². The van der Waals surface area contributed by atoms with E-state index in [0.29, 0.717) is 18.0 Å². The molecule has 1 saturated heterocycles. The van der Waals surface area contributed by atoms with Crippen molar-refractivity contribution in [3.63, 3.8) is 0 Å². The van der Waals surface area contributed by atoms with E-state index in [-0.39, 0.29) is 4.90 Å². The van der Waals surface area contributed by atoms with Crippen LogP contribution in [-0.2, 0) is 10.0 Å². The van der Waals surface area contributed by atoms with Crippen molar-refractivity contribution >= 4 is 10.0 Å². The van der Waals surface area contributed by atoms with Gasteiger partial charge in [-0.2, -0.15) is 0 Å². The maximum absolute atomic E-state index is 13.1. The summed E-state index contributed by atoms with van der Waals surface area (Å²) in [5.41, 5.74) is 0.337. The summed E-state index contributed by atoms with van der Waals surface area (Å²) in [6.45, 7) is 3.90. The van der Waals surface area contributed by atoms with Crippen LogP contribution in [0.15, 0.2) is 23.1 Å². The first-order valence-electron chi connectivity index (χ1n) is 6.33. The molecular weight excluding hydrogens is 267 g/mol. The molecule has 6 heteroatoms. The van der Waals surface area contributed by atoms with Crippen molar-refractivity contribution in [3.8, 4) is 0 Å². The number of hydrogen-bond donors (Lipinski definition) is 1. The van der Waals surface area contributed by atoms with Crippen LogP contribution in [0.2, 0.25) is 0 Å². The van der Waals surface area contributed by atoms with E-state index in [1.54, 1.807) is 6.92 Å². The highest BCUT2D eigenvalue weighted by Gasteiger charge is 2.22. The van der Waals surface area contributed by atoms with Gasteiger partial charge in [0, 0.05) is 13.1 Å². The second-order valence-corrected chi connectivity index (χ2v) is 6.95. The molecule has 19 heavy (non-hydrogen) atoms. The number of sulfonamides is 1. The minimum atomic E-state index is -3.54. The van der Waals surface area contributed by atoms with Gasteiger partial charge in [-0.25, -0.2) is 17.5 Å². The van der Waals surface area contributed by atoms with Crippen molar-refractivity contribution in [1.82, 2.24) is 9.62 Å². The minimum absolute atomic E-state index is 0.123. The highest BCUT2D eigenvalue weighted by atomic mass is 32.2. The van der Waals surface area contributed by atoms with Crippen molar-refractivity contribution in [1.29, 1.82) is 0 Å². The molecule has 0 spiro atoms. The Kier molecular flexibility index (Phi) is 4.23. The lowest BCUT2D eigenvalue weighted by Gasteiger charge is -2.12. The average molecular weight is 286 g/mol. The molecule has 1 fully saturated rings. The molecule has 0 aliphatic carbocycles. The second kappa shape index (κ2) is 5.56. The molecule has 1 aliphatic rings. The number of nitrogens with zero attached hydrogens (tertiary/aromatic N) is 1. The van der Waals surface area contributed by atoms with Gasteiger partial charge in [-0.3, -0.25) is 0 Å². The highest BCUT2D eigenvalue weighted by Crippen LogP contribution is 2.16. The minimum Gasteiger partial charge on any atom is -0.306 e. The molecule has 0 amide bonds. The molecule has 1 heterocycles. The quantitative estimate of drug-likeness (QED) is 0.909. The van der Waals surface area contributed by atoms with Gasteiger partial charge in [0.2, 0.25) is 10.0 Å². The standard InChI is InChI=1S/C13H19FN2O2S/c1-10-7-12(3-4-13(10)14)19(17,18)15-8-11-5-6-16(2)9-11/h3-4,7,11,15H,5-6,8-9H2,1-2H3. The molecule has 1 aliphatic heterocycles. The Hall–Kier alpha value is -0.980. The highest BCUT2D eigenvalue weighted by molar-refractivity contribution is 7.89. The molecule has 1 aromatic rings. The maximum atomic E-state index is 13.1. The van der Waals surface area contributed by atoms with Crippen molar-refractivity contribution in [2.24, 2.45) is 5.92 Å². The molecule has 1 atom stereocenters. The summed E-state index contributed by atoms with van der Waals surface area (Å²) in [4.78, 5) is 2.30. The third-order valence-electron chi connectivity index (χ3n) is 3.49. The molecule has 0 aromatic heterocycles. The normalized spacial score (nSPS) is 20.9. The van der Waals surface area contributed by atoms with Crippen LogP contribution in [0.1, 0.15) is 12.0 Å². The molecule has 0 radical (unpaired) electrons. The van der Waals surface area contributed by atoms with E-state index in [1.165, 1.54) is 18.2 Å². The Morgan fingerprint density at radius 2 is 2.21 bits per heavy atom. The first-order valence-corrected chi connectivity index (χ1v) is 7.81. The van der Waals surface area contributed by atoms with Crippen LogP contribution in [0.3, 0.4) is 0 Å². The van der Waals surface area contributed by atoms with Crippen molar-refractivity contribution in [2.45, 2.75) is 18.2 Å². The van der Waals surface area contributed by atoms with Crippen LogP contribution in [-0.4, -0.2) is 40.0 Å². The molecule has 1 unspecified atom stereocenters. The Morgan fingerprint density at radius 3 is 2.79 bits per heavy atom. The fourth-order valence-corrected chi connectivity index (χ4v) is 3.49. The zero-order valence-corrected chi connectivity index (χ0v) is 12.0. The number of rotatable bonds is 4. The molecular formula is C13H19FN2O2S. The molecule has 1 aromatic carbocycles. The van der Waals surface area contributed by atoms with Gasteiger partial charge in [-0.05, 0) is 56.6 Å². The molecule has 4 nitrogen and oxygen atoms in total. The molecule has 0 bridgehead atoms. The predicted octanol–water partition coefficient (Wildman–Crippen LogP) is 1.36. The van der Waals surface area contributed by atoms with E-state index in [2.05, 4.69) is 9.62 Å². The third kappa shape index (κ3) is 3.52. The summed E-state index contributed by atoms with van der Waals surface area (Å²) < 4.78 is 39.9. The smallest absolute Gasteiger partial charge is 0.240 e. The zero-order chi connectivity index (χ0) is 14.0. The van der Waals surface area contributed by atoms with Crippen molar-refractivity contribution < 1.29 is 12.8 Å². The predicted molar refractivity (Wildman–Crippen MR) is 71.9 cm³/mol. The third-order valence-corrected chi connectivity index (χ3v) is 4.91. The van der Waals surface area contributed by atoms with Crippen molar-refractivity contribution in [3.05, 3.63) is 29.6 Å². The topological polar surface area (TPSA) is 49.4 Å². The summed E-state index contributed by atoms with van der Waals surface area (Å²) in [6, 6.07) is 3.84. The SMILES string of the molecule is Cc1cc(S(=O)(=O)NCC2CCN(C)C2)ccc1F. The van der Waals surface area contributed by atoms with Gasteiger partial charge in [-0.15, -0.1) is 0 Å². The van der Waals surface area contributed by atoms with Crippen LogP contribution in [0.4, 0.5) is 4.39 Å². The monoisotopic (exact) mass is 286 g/mol. The van der Waals surface area contributed by atoms with Gasteiger partial charge in [0.15, 0.2) is 0 Å². The molecule has 0 saturated carbocycles. The van der Waals surface area contributed by atoms with Gasteiger partial charge in [0.05, 0.1) is 4.90 Å². The Bertz CT molecular complexity index is 560. The van der Waals surface area contributed by atoms with Gasteiger partial charge < -0.3 is 4.90 Å². The van der Waals surface area contributed by atoms with E-state index in [1.807, 2.05) is 7.05 Å². The van der Waals surface area contributed by atoms with E-state index in [4.69, 9.17) is 0 Å². The summed E-state index contributed by atoms with van der Waals surface area (Å²) in [7, 11) is -1.51. The number of aryl methyl sites for hydroxylation is 1. The Morgan fingerprint density at radius 1 is 1.47 bits per heavy atom. The summed E-state index contributed by atoms with van der Waals surface area (Å²) in [5, 5.41) is 0. The summed E-state index contributed by atoms with van der Waals surface area (Å²) in [6.07, 6.45) is 1.00. The number of hydrogen-bond acceptors (Lipinski definition) is 3. The number of nitrogens with one attached hydrogen (secondary N) is 1. The van der Waals surface area contributed by atoms with E-state index < -0.39 is 15.8 Å². The Labute approximate surface area is 113 Å². The van der Waals surface area contributed by atoms with Gasteiger partial charge in [0.1, 0.15) is 5.82 Å². The number of halogens is 1. The largest absolute Gasteiger partial charge is 0.306 e. The lowest BCUT2D eigenvalue weighted by atomic mass is 10.1. The van der Waals surface area contributed by atoms with Crippen LogP contribution in [0.25, 0.3) is 0 Å². The summed E-state index contributed by atoms with van der Waals surface area (Å²) in [5.74, 6) is -0.0438. The Balaban J connectivity index is 2.03. The first kappa shape index (κ1) is 14.4. The van der Waals surface area contributed by atoms with Gasteiger partial charge in [-0.1, -0.05) is 0 Å². The number of likely N-dealkylation sites (tertiary alicyclic amines) is 1. The lowest BCUT2D eigenvalue weighted by molar-refractivity contribution is 0.394. The summed E-state index contributed by atoms with van der Waals surface area (Å²) >= 11 is 0. The molecule has 106 valence electrons. The fraction of sp³-hybridized carbons (Fsp3) is 0.538. The van der Waals surface area contributed by atoms with Crippen LogP contribution in [0, 0.1) is 18.7 Å². The lowest BCUT2D eigenvalue weighted by Crippen LogP contribution is -2.30. The van der Waals surface area contributed by atoms with E-state index in [9.17, 15) is 12.8 Å².